The van der Waals surface area contributed by atoms with Crippen LogP contribution < -0.4 is 10.1 Å². The van der Waals surface area contributed by atoms with E-state index in [4.69, 9.17) is 39.5 Å². The summed E-state index contributed by atoms with van der Waals surface area (Å²) in [5, 5.41) is 4.89. The molecule has 0 aliphatic heterocycles. The average molecular weight is 309 g/mol. The fourth-order valence-corrected chi connectivity index (χ4v) is 2.53. The van der Waals surface area contributed by atoms with Crippen molar-refractivity contribution in [1.82, 2.24) is 5.32 Å². The highest BCUT2D eigenvalue weighted by molar-refractivity contribution is 6.43. The minimum Gasteiger partial charge on any atom is -0.489 e. The first kappa shape index (κ1) is 14.3. The lowest BCUT2D eigenvalue weighted by Gasteiger charge is -2.36. The summed E-state index contributed by atoms with van der Waals surface area (Å²) in [6.45, 7) is 3.22. The molecule has 0 spiro atoms. The summed E-state index contributed by atoms with van der Waals surface area (Å²) in [5.41, 5.74) is 0. The van der Waals surface area contributed by atoms with Crippen molar-refractivity contribution < 1.29 is 4.74 Å². The normalized spacial score (nSPS) is 22.7. The molecule has 2 rings (SSSR count). The van der Waals surface area contributed by atoms with Gasteiger partial charge in [-0.3, -0.25) is 0 Å². The summed E-state index contributed by atoms with van der Waals surface area (Å²) in [6.07, 6.45) is 3.39. The van der Waals surface area contributed by atoms with Crippen molar-refractivity contribution in [3.05, 3.63) is 27.2 Å². The molecule has 0 atom stereocenters. The second-order valence-electron chi connectivity index (χ2n) is 4.56. The fraction of sp³-hybridized carbons (Fsp3) is 0.538. The summed E-state index contributed by atoms with van der Waals surface area (Å²) in [7, 11) is 0. The van der Waals surface area contributed by atoms with Crippen LogP contribution in [0.1, 0.15) is 26.2 Å². The van der Waals surface area contributed by atoms with Gasteiger partial charge in [0.25, 0.3) is 0 Å². The summed E-state index contributed by atoms with van der Waals surface area (Å²) >= 11 is 17.9. The summed E-state index contributed by atoms with van der Waals surface area (Å²) in [4.78, 5) is 0. The van der Waals surface area contributed by atoms with Crippen molar-refractivity contribution in [3.63, 3.8) is 0 Å². The Bertz CT molecular complexity index is 419. The average Bonchev–Trinajstić information content (AvgIpc) is 2.28. The standard InChI is InChI=1S/C13H16Cl3NO/c1-2-3-17-8-4-9(5-8)18-13-7-11(15)10(14)6-12(13)16/h6-9,17H,2-5H2,1H3. The molecule has 1 aromatic rings. The Kier molecular flexibility index (Phi) is 5.02. The van der Waals surface area contributed by atoms with Crippen LogP contribution in [0, 0.1) is 0 Å². The second kappa shape index (κ2) is 6.33. The molecule has 0 unspecified atom stereocenters. The smallest absolute Gasteiger partial charge is 0.139 e. The molecule has 1 aliphatic carbocycles. The van der Waals surface area contributed by atoms with Crippen molar-refractivity contribution in [2.45, 2.75) is 38.3 Å². The maximum Gasteiger partial charge on any atom is 0.139 e. The van der Waals surface area contributed by atoms with Crippen LogP contribution in [0.25, 0.3) is 0 Å². The van der Waals surface area contributed by atoms with Crippen LogP contribution in [0.3, 0.4) is 0 Å². The van der Waals surface area contributed by atoms with E-state index < -0.39 is 0 Å². The Labute approximate surface area is 123 Å². The Balaban J connectivity index is 1.87. The number of rotatable bonds is 5. The van der Waals surface area contributed by atoms with Crippen LogP contribution in [0.2, 0.25) is 15.1 Å². The highest BCUT2D eigenvalue weighted by Gasteiger charge is 2.30. The molecule has 0 amide bonds. The van der Waals surface area contributed by atoms with Gasteiger partial charge in [0.15, 0.2) is 0 Å². The Morgan fingerprint density at radius 1 is 1.17 bits per heavy atom. The molecule has 100 valence electrons. The molecule has 0 radical (unpaired) electrons. The van der Waals surface area contributed by atoms with Gasteiger partial charge in [0, 0.05) is 12.1 Å². The van der Waals surface area contributed by atoms with E-state index in [1.807, 2.05) is 0 Å². The number of hydrogen-bond donors (Lipinski definition) is 1. The van der Waals surface area contributed by atoms with Gasteiger partial charge in [-0.25, -0.2) is 0 Å². The molecule has 1 fully saturated rings. The third-order valence-corrected chi connectivity index (χ3v) is 4.06. The van der Waals surface area contributed by atoms with Crippen LogP contribution in [0.4, 0.5) is 0 Å². The quantitative estimate of drug-likeness (QED) is 0.805. The van der Waals surface area contributed by atoms with Gasteiger partial charge in [-0.2, -0.15) is 0 Å². The highest BCUT2D eigenvalue weighted by atomic mass is 35.5. The molecule has 2 nitrogen and oxygen atoms in total. The molecule has 5 heteroatoms. The third-order valence-electron chi connectivity index (χ3n) is 3.05. The Morgan fingerprint density at radius 2 is 1.83 bits per heavy atom. The van der Waals surface area contributed by atoms with Gasteiger partial charge < -0.3 is 10.1 Å². The van der Waals surface area contributed by atoms with Crippen molar-refractivity contribution in [2.75, 3.05) is 6.54 Å². The molecule has 0 heterocycles. The summed E-state index contributed by atoms with van der Waals surface area (Å²) in [5.74, 6) is 0.616. The zero-order valence-corrected chi connectivity index (χ0v) is 12.4. The van der Waals surface area contributed by atoms with Gasteiger partial charge in [-0.05, 0) is 31.9 Å². The highest BCUT2D eigenvalue weighted by Crippen LogP contribution is 2.36. The first-order chi connectivity index (χ1) is 8.60. The Hall–Kier alpha value is -0.150. The van der Waals surface area contributed by atoms with E-state index >= 15 is 0 Å². The first-order valence-corrected chi connectivity index (χ1v) is 7.28. The lowest BCUT2D eigenvalue weighted by molar-refractivity contribution is 0.0853. The van der Waals surface area contributed by atoms with E-state index in [2.05, 4.69) is 12.2 Å². The van der Waals surface area contributed by atoms with Gasteiger partial charge in [0.2, 0.25) is 0 Å². The van der Waals surface area contributed by atoms with Gasteiger partial charge in [0.1, 0.15) is 11.9 Å². The van der Waals surface area contributed by atoms with Crippen molar-refractivity contribution in [1.29, 1.82) is 0 Å². The van der Waals surface area contributed by atoms with E-state index in [1.165, 1.54) is 0 Å². The van der Waals surface area contributed by atoms with Crippen LogP contribution >= 0.6 is 34.8 Å². The zero-order valence-electron chi connectivity index (χ0n) is 10.2. The molecule has 1 saturated carbocycles. The molecule has 0 aromatic heterocycles. The molecular formula is C13H16Cl3NO. The predicted molar refractivity (Wildman–Crippen MR) is 77.2 cm³/mol. The predicted octanol–water partition coefficient (Wildman–Crippen LogP) is 4.56. The van der Waals surface area contributed by atoms with Crippen molar-refractivity contribution in [2.24, 2.45) is 0 Å². The van der Waals surface area contributed by atoms with Gasteiger partial charge in [-0.15, -0.1) is 0 Å². The lowest BCUT2D eigenvalue weighted by atomic mass is 9.89. The SMILES string of the molecule is CCCNC1CC(Oc2cc(Cl)c(Cl)cc2Cl)C1. The van der Waals surface area contributed by atoms with Crippen LogP contribution in [0.15, 0.2) is 12.1 Å². The van der Waals surface area contributed by atoms with Crippen LogP contribution in [-0.2, 0) is 0 Å². The second-order valence-corrected chi connectivity index (χ2v) is 5.78. The largest absolute Gasteiger partial charge is 0.489 e. The van der Waals surface area contributed by atoms with E-state index in [-0.39, 0.29) is 6.10 Å². The third kappa shape index (κ3) is 3.45. The van der Waals surface area contributed by atoms with E-state index in [0.717, 1.165) is 25.8 Å². The van der Waals surface area contributed by atoms with Gasteiger partial charge >= 0.3 is 0 Å². The maximum absolute atomic E-state index is 6.06. The number of hydrogen-bond acceptors (Lipinski definition) is 2. The molecule has 1 aliphatic rings. The number of nitrogens with one attached hydrogen (secondary N) is 1. The molecule has 0 saturated heterocycles. The maximum atomic E-state index is 6.06. The number of halogens is 3. The summed E-state index contributed by atoms with van der Waals surface area (Å²) in [6, 6.07) is 3.86. The van der Waals surface area contributed by atoms with Crippen molar-refractivity contribution in [3.8, 4) is 5.75 Å². The molecule has 1 N–H and O–H groups in total. The first-order valence-electron chi connectivity index (χ1n) is 6.14. The molecule has 18 heavy (non-hydrogen) atoms. The lowest BCUT2D eigenvalue weighted by Crippen LogP contribution is -2.47. The van der Waals surface area contributed by atoms with E-state index in [9.17, 15) is 0 Å². The monoisotopic (exact) mass is 307 g/mol. The molecule has 1 aromatic carbocycles. The van der Waals surface area contributed by atoms with Crippen LogP contribution in [0.5, 0.6) is 5.75 Å². The molecular weight excluding hydrogens is 293 g/mol. The van der Waals surface area contributed by atoms with Crippen molar-refractivity contribution >= 4 is 34.8 Å². The summed E-state index contributed by atoms with van der Waals surface area (Å²) < 4.78 is 5.81. The number of ether oxygens (including phenoxy) is 1. The minimum absolute atomic E-state index is 0.217. The van der Waals surface area contributed by atoms with Gasteiger partial charge in [0.05, 0.1) is 15.1 Å². The van der Waals surface area contributed by atoms with E-state index in [0.29, 0.717) is 26.9 Å². The van der Waals surface area contributed by atoms with Gasteiger partial charge in [-0.1, -0.05) is 41.7 Å². The topological polar surface area (TPSA) is 21.3 Å². The minimum atomic E-state index is 0.217. The molecule has 0 bridgehead atoms. The Morgan fingerprint density at radius 3 is 2.50 bits per heavy atom. The van der Waals surface area contributed by atoms with E-state index in [1.54, 1.807) is 12.1 Å². The van der Waals surface area contributed by atoms with Crippen LogP contribution in [-0.4, -0.2) is 18.7 Å². The fourth-order valence-electron chi connectivity index (χ4n) is 1.95. The number of benzene rings is 1. The zero-order chi connectivity index (χ0) is 13.1.